The van der Waals surface area contributed by atoms with E-state index in [1.54, 1.807) is 12.4 Å². The summed E-state index contributed by atoms with van der Waals surface area (Å²) < 4.78 is 0. The number of nitrogens with zero attached hydrogens (tertiary/aromatic N) is 3. The van der Waals surface area contributed by atoms with Crippen molar-refractivity contribution in [1.82, 2.24) is 20.1 Å². The van der Waals surface area contributed by atoms with Crippen LogP contribution in [0.4, 0.5) is 10.5 Å². The second-order valence-corrected chi connectivity index (χ2v) is 8.93. The SMILES string of the molecule is CC(C)(Cc1cc(Cl)cc2cn[nH]c12)C1CCN(C(=O)Nc2cccnc2)CC1. The first-order valence-electron chi connectivity index (χ1n) is 10.00. The van der Waals surface area contributed by atoms with Gasteiger partial charge in [-0.1, -0.05) is 25.4 Å². The number of amides is 2. The molecule has 4 rings (SSSR count). The van der Waals surface area contributed by atoms with E-state index >= 15 is 0 Å². The molecule has 0 bridgehead atoms. The number of pyridine rings is 1. The lowest BCUT2D eigenvalue weighted by Gasteiger charge is -2.41. The number of hydrogen-bond acceptors (Lipinski definition) is 3. The predicted octanol–water partition coefficient (Wildman–Crippen LogP) is 5.12. The summed E-state index contributed by atoms with van der Waals surface area (Å²) in [5.41, 5.74) is 3.08. The number of nitrogens with one attached hydrogen (secondary N) is 2. The molecular formula is C22H26ClN5O. The first-order valence-corrected chi connectivity index (χ1v) is 10.4. The summed E-state index contributed by atoms with van der Waals surface area (Å²) in [6, 6.07) is 7.60. The van der Waals surface area contributed by atoms with Gasteiger partial charge in [-0.2, -0.15) is 5.10 Å². The van der Waals surface area contributed by atoms with E-state index < -0.39 is 0 Å². The van der Waals surface area contributed by atoms with Gasteiger partial charge in [-0.25, -0.2) is 4.79 Å². The number of benzene rings is 1. The highest BCUT2D eigenvalue weighted by molar-refractivity contribution is 6.31. The smallest absolute Gasteiger partial charge is 0.321 e. The van der Waals surface area contributed by atoms with Gasteiger partial charge in [0.1, 0.15) is 0 Å². The Hall–Kier alpha value is -2.60. The molecule has 0 aliphatic carbocycles. The van der Waals surface area contributed by atoms with Crippen LogP contribution in [-0.2, 0) is 6.42 Å². The third-order valence-corrected chi connectivity index (χ3v) is 6.26. The second kappa shape index (κ2) is 8.03. The minimum atomic E-state index is -0.0525. The zero-order chi connectivity index (χ0) is 20.4. The quantitative estimate of drug-likeness (QED) is 0.625. The van der Waals surface area contributed by atoms with Crippen LogP contribution in [0.5, 0.6) is 0 Å². The molecule has 7 heteroatoms. The number of rotatable bonds is 4. The predicted molar refractivity (Wildman–Crippen MR) is 116 cm³/mol. The third kappa shape index (κ3) is 4.37. The number of carbonyl (C=O) groups is 1. The van der Waals surface area contributed by atoms with Crippen molar-refractivity contribution >= 4 is 34.2 Å². The van der Waals surface area contributed by atoms with Gasteiger partial charge in [0.15, 0.2) is 0 Å². The summed E-state index contributed by atoms with van der Waals surface area (Å²) in [4.78, 5) is 18.5. The number of H-pyrrole nitrogens is 1. The average Bonchev–Trinajstić information content (AvgIpc) is 3.17. The molecule has 2 N–H and O–H groups in total. The second-order valence-electron chi connectivity index (χ2n) is 8.50. The highest BCUT2D eigenvalue weighted by atomic mass is 35.5. The van der Waals surface area contributed by atoms with Crippen molar-refractivity contribution in [3.8, 4) is 0 Å². The molecule has 2 amide bonds. The number of carbonyl (C=O) groups excluding carboxylic acids is 1. The minimum absolute atomic E-state index is 0.0525. The highest BCUT2D eigenvalue weighted by Gasteiger charge is 2.34. The molecule has 1 aliphatic heterocycles. The van der Waals surface area contributed by atoms with Gasteiger partial charge in [0.2, 0.25) is 0 Å². The maximum absolute atomic E-state index is 12.5. The Morgan fingerprint density at radius 1 is 1.31 bits per heavy atom. The van der Waals surface area contributed by atoms with E-state index in [0.717, 1.165) is 54.0 Å². The van der Waals surface area contributed by atoms with Crippen LogP contribution in [-0.4, -0.2) is 39.2 Å². The van der Waals surface area contributed by atoms with E-state index in [-0.39, 0.29) is 11.4 Å². The number of piperidine rings is 1. The Bertz CT molecular complexity index is 993. The number of urea groups is 1. The lowest BCUT2D eigenvalue weighted by molar-refractivity contribution is 0.115. The lowest BCUT2D eigenvalue weighted by Crippen LogP contribution is -2.44. The topological polar surface area (TPSA) is 73.9 Å². The number of halogens is 1. The van der Waals surface area contributed by atoms with Gasteiger partial charge in [0.25, 0.3) is 0 Å². The molecule has 0 atom stereocenters. The zero-order valence-corrected chi connectivity index (χ0v) is 17.5. The van der Waals surface area contributed by atoms with Gasteiger partial charge in [-0.05, 0) is 60.4 Å². The number of fused-ring (bicyclic) bond motifs is 1. The lowest BCUT2D eigenvalue weighted by atomic mass is 9.70. The fraction of sp³-hybridized carbons (Fsp3) is 0.409. The Morgan fingerprint density at radius 3 is 2.83 bits per heavy atom. The number of aromatic nitrogens is 3. The van der Waals surface area contributed by atoms with Crippen LogP contribution < -0.4 is 5.32 Å². The highest BCUT2D eigenvalue weighted by Crippen LogP contribution is 2.39. The van der Waals surface area contributed by atoms with Crippen LogP contribution in [0.15, 0.2) is 42.9 Å². The van der Waals surface area contributed by atoms with Crippen molar-refractivity contribution in [2.24, 2.45) is 11.3 Å². The summed E-state index contributed by atoms with van der Waals surface area (Å²) in [6.45, 7) is 6.14. The van der Waals surface area contributed by atoms with E-state index in [4.69, 9.17) is 11.6 Å². The van der Waals surface area contributed by atoms with E-state index in [2.05, 4.69) is 34.3 Å². The largest absolute Gasteiger partial charge is 0.325 e. The molecule has 2 aromatic heterocycles. The van der Waals surface area contributed by atoms with Crippen LogP contribution in [0.2, 0.25) is 5.02 Å². The van der Waals surface area contributed by atoms with Gasteiger partial charge in [0.05, 0.1) is 23.6 Å². The van der Waals surface area contributed by atoms with Gasteiger partial charge in [-0.3, -0.25) is 10.1 Å². The Labute approximate surface area is 175 Å². The average molecular weight is 412 g/mol. The summed E-state index contributed by atoms with van der Waals surface area (Å²) >= 11 is 6.32. The molecule has 29 heavy (non-hydrogen) atoms. The molecule has 1 fully saturated rings. The summed E-state index contributed by atoms with van der Waals surface area (Å²) in [6.07, 6.45) is 8.06. The molecule has 3 heterocycles. The van der Waals surface area contributed by atoms with Crippen molar-refractivity contribution in [2.45, 2.75) is 33.1 Å². The molecule has 3 aromatic rings. The molecule has 0 radical (unpaired) electrons. The van der Waals surface area contributed by atoms with Crippen LogP contribution in [0.25, 0.3) is 10.9 Å². The third-order valence-electron chi connectivity index (χ3n) is 6.04. The number of aromatic amines is 1. The van der Waals surface area contributed by atoms with Gasteiger partial charge >= 0.3 is 6.03 Å². The van der Waals surface area contributed by atoms with Crippen LogP contribution in [0.3, 0.4) is 0 Å². The molecule has 0 spiro atoms. The first-order chi connectivity index (χ1) is 13.9. The van der Waals surface area contributed by atoms with Crippen molar-refractivity contribution < 1.29 is 4.79 Å². The van der Waals surface area contributed by atoms with Crippen LogP contribution >= 0.6 is 11.6 Å². The number of hydrogen-bond donors (Lipinski definition) is 2. The van der Waals surface area contributed by atoms with Crippen LogP contribution in [0.1, 0.15) is 32.3 Å². The zero-order valence-electron chi connectivity index (χ0n) is 16.8. The standard InChI is InChI=1S/C22H26ClN5O/c1-22(2,12-15-10-18(23)11-16-13-25-27-20(15)16)17-5-8-28(9-6-17)21(29)26-19-4-3-7-24-14-19/h3-4,7,10-11,13-14,17H,5-6,8-9,12H2,1-2H3,(H,25,27)(H,26,29). The van der Waals surface area contributed by atoms with E-state index in [1.807, 2.05) is 35.4 Å². The molecule has 1 saturated heterocycles. The molecule has 1 aliphatic rings. The Balaban J connectivity index is 1.39. The number of likely N-dealkylation sites (tertiary alicyclic amines) is 1. The van der Waals surface area contributed by atoms with E-state index in [9.17, 15) is 4.79 Å². The number of anilines is 1. The monoisotopic (exact) mass is 411 g/mol. The summed E-state index contributed by atoms with van der Waals surface area (Å²) in [5, 5.41) is 12.0. The van der Waals surface area contributed by atoms with E-state index in [0.29, 0.717) is 5.92 Å². The van der Waals surface area contributed by atoms with Gasteiger partial charge in [0, 0.05) is 29.7 Å². The van der Waals surface area contributed by atoms with E-state index in [1.165, 1.54) is 5.56 Å². The van der Waals surface area contributed by atoms with Crippen molar-refractivity contribution in [1.29, 1.82) is 0 Å². The summed E-state index contributed by atoms with van der Waals surface area (Å²) in [5.74, 6) is 0.530. The van der Waals surface area contributed by atoms with Gasteiger partial charge in [-0.15, -0.1) is 0 Å². The minimum Gasteiger partial charge on any atom is -0.325 e. The fourth-order valence-electron chi connectivity index (χ4n) is 4.37. The maximum Gasteiger partial charge on any atom is 0.321 e. The molecule has 0 unspecified atom stereocenters. The Morgan fingerprint density at radius 2 is 2.10 bits per heavy atom. The Kier molecular flexibility index (Phi) is 5.46. The molecule has 152 valence electrons. The normalized spacial score (nSPS) is 15.6. The first kappa shape index (κ1) is 19.7. The molecule has 1 aromatic carbocycles. The van der Waals surface area contributed by atoms with Gasteiger partial charge < -0.3 is 10.2 Å². The van der Waals surface area contributed by atoms with Crippen molar-refractivity contribution in [2.75, 3.05) is 18.4 Å². The van der Waals surface area contributed by atoms with Crippen molar-refractivity contribution in [3.63, 3.8) is 0 Å². The molecular weight excluding hydrogens is 386 g/mol. The van der Waals surface area contributed by atoms with Crippen LogP contribution in [0, 0.1) is 11.3 Å². The maximum atomic E-state index is 12.5. The molecule has 6 nitrogen and oxygen atoms in total. The fourth-order valence-corrected chi connectivity index (χ4v) is 4.62. The van der Waals surface area contributed by atoms with Crippen molar-refractivity contribution in [3.05, 3.63) is 53.4 Å². The summed E-state index contributed by atoms with van der Waals surface area (Å²) in [7, 11) is 0. The molecule has 0 saturated carbocycles.